The lowest BCUT2D eigenvalue weighted by atomic mass is 9.83. The summed E-state index contributed by atoms with van der Waals surface area (Å²) in [7, 11) is 1.77. The topological polar surface area (TPSA) is 61.4 Å². The van der Waals surface area contributed by atoms with E-state index < -0.39 is 6.04 Å². The molecule has 1 aromatic carbocycles. The van der Waals surface area contributed by atoms with Gasteiger partial charge in [0.05, 0.1) is 12.1 Å². The molecule has 3 atom stereocenters. The van der Waals surface area contributed by atoms with Crippen LogP contribution in [0.15, 0.2) is 66.3 Å². The van der Waals surface area contributed by atoms with Crippen molar-refractivity contribution in [3.05, 3.63) is 71.8 Å². The average molecular weight is 478 g/mol. The van der Waals surface area contributed by atoms with E-state index in [1.807, 2.05) is 24.8 Å². The molecule has 2 N–H and O–H groups in total. The van der Waals surface area contributed by atoms with E-state index in [1.165, 1.54) is 17.6 Å². The Morgan fingerprint density at radius 3 is 2.49 bits per heavy atom. The molecule has 190 valence electrons. The SMILES string of the molecule is C=C(/C=C(\C=C/C)Cc1ccccc1)[C@@H]1CCCN1C(=O)[C@@H](NC(=O)[C@H](C)NC)C1CCCCC1. The molecule has 2 amide bonds. The summed E-state index contributed by atoms with van der Waals surface area (Å²) in [5, 5.41) is 6.12. The fourth-order valence-electron chi connectivity index (χ4n) is 5.39. The Kier molecular flexibility index (Phi) is 10.3. The van der Waals surface area contributed by atoms with Crippen LogP contribution in [-0.4, -0.2) is 48.4 Å². The van der Waals surface area contributed by atoms with Crippen LogP contribution in [0, 0.1) is 5.92 Å². The van der Waals surface area contributed by atoms with Crippen molar-refractivity contribution >= 4 is 11.8 Å². The number of rotatable bonds is 10. The lowest BCUT2D eigenvalue weighted by molar-refractivity contribution is -0.139. The summed E-state index contributed by atoms with van der Waals surface area (Å²) in [5.41, 5.74) is 3.41. The number of likely N-dealkylation sites (tertiary alicyclic amines) is 1. The normalized spacial score (nSPS) is 21.2. The summed E-state index contributed by atoms with van der Waals surface area (Å²) >= 11 is 0. The van der Waals surface area contributed by atoms with E-state index in [-0.39, 0.29) is 29.8 Å². The van der Waals surface area contributed by atoms with Crippen molar-refractivity contribution in [1.82, 2.24) is 15.5 Å². The van der Waals surface area contributed by atoms with Crippen molar-refractivity contribution in [2.45, 2.75) is 83.3 Å². The van der Waals surface area contributed by atoms with E-state index >= 15 is 0 Å². The molecular formula is C30H43N3O2. The minimum absolute atomic E-state index is 0.0248. The molecule has 2 fully saturated rings. The second-order valence-corrected chi connectivity index (χ2v) is 10.0. The quantitative estimate of drug-likeness (QED) is 0.469. The summed E-state index contributed by atoms with van der Waals surface area (Å²) in [5.74, 6) is 0.149. The number of hydrogen-bond acceptors (Lipinski definition) is 3. The van der Waals surface area contributed by atoms with Crippen molar-refractivity contribution < 1.29 is 9.59 Å². The highest BCUT2D eigenvalue weighted by molar-refractivity contribution is 5.90. The van der Waals surface area contributed by atoms with Crippen LogP contribution in [0.4, 0.5) is 0 Å². The Bertz CT molecular complexity index is 915. The highest BCUT2D eigenvalue weighted by atomic mass is 16.2. The molecule has 1 saturated heterocycles. The minimum atomic E-state index is -0.463. The zero-order valence-corrected chi connectivity index (χ0v) is 21.8. The minimum Gasteiger partial charge on any atom is -0.343 e. The van der Waals surface area contributed by atoms with Gasteiger partial charge in [0.1, 0.15) is 6.04 Å². The molecule has 1 saturated carbocycles. The average Bonchev–Trinajstić information content (AvgIpc) is 3.38. The summed E-state index contributed by atoms with van der Waals surface area (Å²) in [6, 6.07) is 9.60. The van der Waals surface area contributed by atoms with Crippen molar-refractivity contribution in [3.8, 4) is 0 Å². The van der Waals surface area contributed by atoms with Gasteiger partial charge in [-0.3, -0.25) is 9.59 Å². The molecule has 1 aliphatic carbocycles. The third-order valence-corrected chi connectivity index (χ3v) is 7.48. The number of carbonyl (C=O) groups excluding carboxylic acids is 2. The first-order valence-corrected chi connectivity index (χ1v) is 13.3. The predicted octanol–water partition coefficient (Wildman–Crippen LogP) is 4.95. The number of benzene rings is 1. The Balaban J connectivity index is 1.79. The maximum Gasteiger partial charge on any atom is 0.245 e. The van der Waals surface area contributed by atoms with Crippen LogP contribution >= 0.6 is 0 Å². The maximum absolute atomic E-state index is 13.9. The van der Waals surface area contributed by atoms with E-state index in [1.54, 1.807) is 7.05 Å². The van der Waals surface area contributed by atoms with Gasteiger partial charge in [0.15, 0.2) is 0 Å². The van der Waals surface area contributed by atoms with Gasteiger partial charge < -0.3 is 15.5 Å². The predicted molar refractivity (Wildman–Crippen MR) is 144 cm³/mol. The van der Waals surface area contributed by atoms with E-state index in [0.29, 0.717) is 6.54 Å². The van der Waals surface area contributed by atoms with E-state index in [4.69, 9.17) is 0 Å². The van der Waals surface area contributed by atoms with Crippen molar-refractivity contribution in [1.29, 1.82) is 0 Å². The van der Waals surface area contributed by atoms with Crippen LogP contribution in [0.25, 0.3) is 0 Å². The fraction of sp³-hybridized carbons (Fsp3) is 0.533. The molecule has 5 nitrogen and oxygen atoms in total. The first-order valence-electron chi connectivity index (χ1n) is 13.3. The van der Waals surface area contributed by atoms with Crippen molar-refractivity contribution in [2.75, 3.05) is 13.6 Å². The Hall–Kier alpha value is -2.66. The second-order valence-electron chi connectivity index (χ2n) is 10.0. The van der Waals surface area contributed by atoms with E-state index in [2.05, 4.69) is 59.7 Å². The highest BCUT2D eigenvalue weighted by Crippen LogP contribution is 2.31. The fourth-order valence-corrected chi connectivity index (χ4v) is 5.39. The van der Waals surface area contributed by atoms with Gasteiger partial charge in [0, 0.05) is 6.54 Å². The lowest BCUT2D eigenvalue weighted by Crippen LogP contribution is -2.56. The molecule has 0 spiro atoms. The first-order chi connectivity index (χ1) is 16.9. The number of allylic oxidation sites excluding steroid dienone is 3. The van der Waals surface area contributed by atoms with Crippen LogP contribution in [-0.2, 0) is 16.0 Å². The van der Waals surface area contributed by atoms with Gasteiger partial charge in [-0.25, -0.2) is 0 Å². The van der Waals surface area contributed by atoms with Crippen LogP contribution in [0.1, 0.15) is 64.4 Å². The molecule has 1 aromatic rings. The van der Waals surface area contributed by atoms with Gasteiger partial charge in [0.25, 0.3) is 0 Å². The Labute approximate surface area is 211 Å². The molecule has 0 unspecified atom stereocenters. The zero-order chi connectivity index (χ0) is 25.2. The third kappa shape index (κ3) is 7.41. The lowest BCUT2D eigenvalue weighted by Gasteiger charge is -2.35. The number of hydrogen-bond donors (Lipinski definition) is 2. The smallest absolute Gasteiger partial charge is 0.245 e. The molecular weight excluding hydrogens is 434 g/mol. The number of likely N-dealkylation sites (N-methyl/N-ethyl adjacent to an activating group) is 1. The summed E-state index contributed by atoms with van der Waals surface area (Å²) in [4.78, 5) is 28.7. The van der Waals surface area contributed by atoms with Crippen LogP contribution in [0.5, 0.6) is 0 Å². The van der Waals surface area contributed by atoms with Gasteiger partial charge in [-0.2, -0.15) is 0 Å². The first kappa shape index (κ1) is 26.9. The molecule has 0 aromatic heterocycles. The van der Waals surface area contributed by atoms with E-state index in [9.17, 15) is 9.59 Å². The highest BCUT2D eigenvalue weighted by Gasteiger charge is 2.39. The summed E-state index contributed by atoms with van der Waals surface area (Å²) < 4.78 is 0. The monoisotopic (exact) mass is 477 g/mol. The number of carbonyl (C=O) groups is 2. The van der Waals surface area contributed by atoms with E-state index in [0.717, 1.165) is 50.5 Å². The number of nitrogens with one attached hydrogen (secondary N) is 2. The second kappa shape index (κ2) is 13.4. The van der Waals surface area contributed by atoms with Gasteiger partial charge in [-0.1, -0.05) is 74.4 Å². The largest absolute Gasteiger partial charge is 0.343 e. The zero-order valence-electron chi connectivity index (χ0n) is 21.8. The van der Waals surface area contributed by atoms with Gasteiger partial charge >= 0.3 is 0 Å². The van der Waals surface area contributed by atoms with Gasteiger partial charge in [-0.05, 0) is 75.6 Å². The number of amides is 2. The molecule has 35 heavy (non-hydrogen) atoms. The van der Waals surface area contributed by atoms with Gasteiger partial charge in [0.2, 0.25) is 11.8 Å². The van der Waals surface area contributed by atoms with Crippen molar-refractivity contribution in [3.63, 3.8) is 0 Å². The standard InChI is InChI=1S/C30H43N3O2/c1-5-13-25(21-24-14-8-6-9-15-24)20-22(2)27-18-12-19-33(27)30(35)28(26-16-10-7-11-17-26)32-29(34)23(3)31-4/h5-6,8-9,13-15,20,23,26-28,31H,2,7,10-12,16-19,21H2,1,3-4H3,(H,32,34)/b13-5-,25-20+/t23-,27-,28-/m0/s1. The maximum atomic E-state index is 13.9. The molecule has 2 aliphatic rings. The molecule has 0 radical (unpaired) electrons. The Morgan fingerprint density at radius 2 is 1.83 bits per heavy atom. The molecule has 3 rings (SSSR count). The summed E-state index contributed by atoms with van der Waals surface area (Å²) in [6.45, 7) is 8.98. The number of nitrogens with zero attached hydrogens (tertiary/aromatic N) is 1. The van der Waals surface area contributed by atoms with Gasteiger partial charge in [-0.15, -0.1) is 0 Å². The molecule has 5 heteroatoms. The summed E-state index contributed by atoms with van der Waals surface area (Å²) in [6.07, 6.45) is 14.5. The molecule has 1 heterocycles. The third-order valence-electron chi connectivity index (χ3n) is 7.48. The van der Waals surface area contributed by atoms with Crippen LogP contribution < -0.4 is 10.6 Å². The molecule has 0 bridgehead atoms. The van der Waals surface area contributed by atoms with Crippen LogP contribution in [0.3, 0.4) is 0 Å². The van der Waals surface area contributed by atoms with Crippen molar-refractivity contribution in [2.24, 2.45) is 5.92 Å². The Morgan fingerprint density at radius 1 is 1.11 bits per heavy atom. The molecule has 1 aliphatic heterocycles. The van der Waals surface area contributed by atoms with Crippen LogP contribution in [0.2, 0.25) is 0 Å².